The predicted molar refractivity (Wildman–Crippen MR) is 70.5 cm³/mol. The summed E-state index contributed by atoms with van der Waals surface area (Å²) in [6.45, 7) is 4.61. The van der Waals surface area contributed by atoms with Gasteiger partial charge in [0.25, 0.3) is 0 Å². The molecule has 4 nitrogen and oxygen atoms in total. The van der Waals surface area contributed by atoms with E-state index in [1.54, 1.807) is 6.92 Å². The molecular formula is C13H19F3N2O2. The third-order valence-corrected chi connectivity index (χ3v) is 2.51. The summed E-state index contributed by atoms with van der Waals surface area (Å²) >= 11 is 0. The summed E-state index contributed by atoms with van der Waals surface area (Å²) in [5.74, 6) is -0.743. The molecule has 0 aromatic heterocycles. The number of rotatable bonds is 8. The largest absolute Gasteiger partial charge is 0.408 e. The summed E-state index contributed by atoms with van der Waals surface area (Å²) in [5, 5.41) is 10.9. The number of hydrogen-bond donors (Lipinski definition) is 3. The van der Waals surface area contributed by atoms with Crippen molar-refractivity contribution >= 4 is 5.91 Å². The molecule has 1 amide bonds. The molecule has 1 atom stereocenters. The molecule has 20 heavy (non-hydrogen) atoms. The van der Waals surface area contributed by atoms with Crippen molar-refractivity contribution in [3.8, 4) is 0 Å². The maximum atomic E-state index is 12.8. The van der Waals surface area contributed by atoms with E-state index in [4.69, 9.17) is 10.8 Å². The lowest BCUT2D eigenvalue weighted by Gasteiger charge is -2.23. The highest BCUT2D eigenvalue weighted by atomic mass is 19.4. The smallest absolute Gasteiger partial charge is 0.396 e. The maximum absolute atomic E-state index is 12.8. The topological polar surface area (TPSA) is 75.4 Å². The predicted octanol–water partition coefficient (Wildman–Crippen LogP) is 1.78. The third kappa shape index (κ3) is 6.42. The summed E-state index contributed by atoms with van der Waals surface area (Å²) in [6.07, 6.45) is -0.984. The monoisotopic (exact) mass is 292 g/mol. The van der Waals surface area contributed by atoms with Gasteiger partial charge in [-0.3, -0.25) is 4.79 Å². The Balaban J connectivity index is 5.10. The number of primary amides is 1. The zero-order valence-electron chi connectivity index (χ0n) is 11.2. The molecule has 1 unspecified atom stereocenters. The summed E-state index contributed by atoms with van der Waals surface area (Å²) in [6, 6.07) is -1.83. The number of aliphatic hydroxyl groups is 1. The number of allylic oxidation sites excluding steroid dienone is 2. The van der Waals surface area contributed by atoms with Gasteiger partial charge in [-0.25, -0.2) is 0 Å². The zero-order valence-corrected chi connectivity index (χ0v) is 11.2. The molecule has 114 valence electrons. The lowest BCUT2D eigenvalue weighted by molar-refractivity contribution is -0.155. The molecule has 0 fully saturated rings. The second-order valence-corrected chi connectivity index (χ2v) is 4.02. The first-order valence-electron chi connectivity index (χ1n) is 6.00. The molecule has 0 aromatic carbocycles. The minimum atomic E-state index is -4.47. The molecule has 0 heterocycles. The quantitative estimate of drug-likeness (QED) is 0.471. The molecule has 0 aliphatic rings. The van der Waals surface area contributed by atoms with E-state index in [9.17, 15) is 18.0 Å². The fraction of sp³-hybridized carbons (Fsp3) is 0.462. The Morgan fingerprint density at radius 2 is 2.10 bits per heavy atom. The van der Waals surface area contributed by atoms with Crippen molar-refractivity contribution in [2.45, 2.75) is 32.0 Å². The van der Waals surface area contributed by atoms with Crippen LogP contribution in [0.15, 0.2) is 36.1 Å². The first kappa shape index (κ1) is 18.2. The van der Waals surface area contributed by atoms with Gasteiger partial charge in [0.15, 0.2) is 0 Å². The minimum absolute atomic E-state index is 0.00783. The van der Waals surface area contributed by atoms with Crippen molar-refractivity contribution in [3.05, 3.63) is 36.1 Å². The molecule has 0 aliphatic heterocycles. The van der Waals surface area contributed by atoms with E-state index in [1.807, 2.05) is 0 Å². The number of aliphatic hydroxyl groups excluding tert-OH is 1. The van der Waals surface area contributed by atoms with Crippen LogP contribution in [-0.2, 0) is 4.79 Å². The van der Waals surface area contributed by atoms with E-state index in [1.165, 1.54) is 18.2 Å². The van der Waals surface area contributed by atoms with E-state index in [0.29, 0.717) is 0 Å². The standard InChI is InChI=1S/C13H19F3N2O2/c1-3-9(12(17)20)8-10(4-2)18-11(6-5-7-19)13(14,15)16/h3-4,8,11,18-19H,2,5-7H2,1H3,(H2,17,20)/b9-3+,10-8+. The van der Waals surface area contributed by atoms with Gasteiger partial charge in [-0.1, -0.05) is 12.7 Å². The molecule has 0 radical (unpaired) electrons. The van der Waals surface area contributed by atoms with Gasteiger partial charge in [-0.2, -0.15) is 13.2 Å². The number of hydrogen-bond acceptors (Lipinski definition) is 3. The molecule has 4 N–H and O–H groups in total. The average molecular weight is 292 g/mol. The van der Waals surface area contributed by atoms with Crippen molar-refractivity contribution in [2.75, 3.05) is 6.61 Å². The highest BCUT2D eigenvalue weighted by Gasteiger charge is 2.39. The van der Waals surface area contributed by atoms with Crippen molar-refractivity contribution in [3.63, 3.8) is 0 Å². The number of alkyl halides is 3. The Hall–Kier alpha value is -1.76. The summed E-state index contributed by atoms with van der Waals surface area (Å²) in [5.41, 5.74) is 5.20. The minimum Gasteiger partial charge on any atom is -0.396 e. The van der Waals surface area contributed by atoms with Crippen molar-refractivity contribution < 1.29 is 23.1 Å². The second-order valence-electron chi connectivity index (χ2n) is 4.02. The van der Waals surface area contributed by atoms with Crippen LogP contribution in [0.3, 0.4) is 0 Å². The maximum Gasteiger partial charge on any atom is 0.408 e. The van der Waals surface area contributed by atoms with Gasteiger partial charge in [-0.05, 0) is 31.9 Å². The van der Waals surface area contributed by atoms with E-state index in [-0.39, 0.29) is 30.7 Å². The van der Waals surface area contributed by atoms with E-state index in [0.717, 1.165) is 0 Å². The molecule has 0 saturated heterocycles. The molecule has 0 bridgehead atoms. The van der Waals surface area contributed by atoms with Crippen LogP contribution in [0.4, 0.5) is 13.2 Å². The number of halogens is 3. The van der Waals surface area contributed by atoms with E-state index in [2.05, 4.69) is 11.9 Å². The van der Waals surface area contributed by atoms with Crippen LogP contribution in [0.25, 0.3) is 0 Å². The lowest BCUT2D eigenvalue weighted by Crippen LogP contribution is -2.41. The van der Waals surface area contributed by atoms with Gasteiger partial charge < -0.3 is 16.2 Å². The van der Waals surface area contributed by atoms with Gasteiger partial charge >= 0.3 is 6.18 Å². The second kappa shape index (κ2) is 8.42. The highest BCUT2D eigenvalue weighted by molar-refractivity contribution is 5.94. The fourth-order valence-corrected chi connectivity index (χ4v) is 1.44. The first-order chi connectivity index (χ1) is 9.26. The van der Waals surface area contributed by atoms with Crippen LogP contribution in [0.1, 0.15) is 19.8 Å². The molecule has 7 heteroatoms. The molecule has 0 aliphatic carbocycles. The van der Waals surface area contributed by atoms with E-state index >= 15 is 0 Å². The van der Waals surface area contributed by atoms with Crippen LogP contribution >= 0.6 is 0 Å². The summed E-state index contributed by atoms with van der Waals surface area (Å²) in [4.78, 5) is 11.0. The Bertz CT molecular complexity index is 401. The van der Waals surface area contributed by atoms with Crippen LogP contribution in [0, 0.1) is 0 Å². The van der Waals surface area contributed by atoms with Crippen LogP contribution < -0.4 is 11.1 Å². The zero-order chi connectivity index (χ0) is 15.8. The number of carbonyl (C=O) groups excluding carboxylic acids is 1. The van der Waals surface area contributed by atoms with Crippen LogP contribution in [0.5, 0.6) is 0 Å². The third-order valence-electron chi connectivity index (χ3n) is 2.51. The molecule has 0 aromatic rings. The van der Waals surface area contributed by atoms with E-state index < -0.39 is 18.1 Å². The lowest BCUT2D eigenvalue weighted by atomic mass is 10.1. The summed E-state index contributed by atoms with van der Waals surface area (Å²) in [7, 11) is 0. The number of amides is 1. The fourth-order valence-electron chi connectivity index (χ4n) is 1.44. The van der Waals surface area contributed by atoms with Gasteiger partial charge in [0.05, 0.1) is 0 Å². The van der Waals surface area contributed by atoms with Crippen LogP contribution in [-0.4, -0.2) is 29.8 Å². The number of nitrogens with one attached hydrogen (secondary N) is 1. The van der Waals surface area contributed by atoms with Gasteiger partial charge in [0.1, 0.15) is 6.04 Å². The average Bonchev–Trinajstić information content (AvgIpc) is 2.36. The van der Waals surface area contributed by atoms with Crippen LogP contribution in [0.2, 0.25) is 0 Å². The molecular weight excluding hydrogens is 273 g/mol. The molecule has 0 rings (SSSR count). The number of carbonyl (C=O) groups is 1. The molecule has 0 spiro atoms. The van der Waals surface area contributed by atoms with Crippen molar-refractivity contribution in [2.24, 2.45) is 5.73 Å². The normalized spacial score (nSPS) is 14.8. The summed E-state index contributed by atoms with van der Waals surface area (Å²) < 4.78 is 38.4. The first-order valence-corrected chi connectivity index (χ1v) is 6.00. The Morgan fingerprint density at radius 1 is 1.50 bits per heavy atom. The number of nitrogens with two attached hydrogens (primary N) is 1. The van der Waals surface area contributed by atoms with Crippen molar-refractivity contribution in [1.82, 2.24) is 5.32 Å². The van der Waals surface area contributed by atoms with Gasteiger partial charge in [-0.15, -0.1) is 0 Å². The van der Waals surface area contributed by atoms with Gasteiger partial charge in [0.2, 0.25) is 5.91 Å². The Labute approximate surface area is 115 Å². The SMILES string of the molecule is C=C/C(=C\C(=C/C)C(N)=O)NC(CCCO)C(F)(F)F. The Morgan fingerprint density at radius 3 is 2.45 bits per heavy atom. The highest BCUT2D eigenvalue weighted by Crippen LogP contribution is 2.24. The van der Waals surface area contributed by atoms with Gasteiger partial charge in [0, 0.05) is 17.9 Å². The molecule has 0 saturated carbocycles. The Kier molecular flexibility index (Phi) is 7.68. The van der Waals surface area contributed by atoms with Crippen molar-refractivity contribution in [1.29, 1.82) is 0 Å².